The Bertz CT molecular complexity index is 499. The molecule has 4 nitrogen and oxygen atoms in total. The van der Waals surface area contributed by atoms with Crippen molar-refractivity contribution in [3.8, 4) is 0 Å². The van der Waals surface area contributed by atoms with E-state index in [1.54, 1.807) is 24.5 Å². The van der Waals surface area contributed by atoms with E-state index < -0.39 is 0 Å². The van der Waals surface area contributed by atoms with E-state index in [1.165, 1.54) is 5.56 Å². The van der Waals surface area contributed by atoms with Crippen LogP contribution in [0.3, 0.4) is 0 Å². The molecule has 0 aliphatic carbocycles. The lowest BCUT2D eigenvalue weighted by Gasteiger charge is -2.06. The van der Waals surface area contributed by atoms with E-state index in [-0.39, 0.29) is 5.91 Å². The molecule has 1 aromatic heterocycles. The summed E-state index contributed by atoms with van der Waals surface area (Å²) in [6, 6.07) is 13.7. The molecule has 1 amide bonds. The SMILES string of the molecule is O=C(NCCNCc1ccccc1)c1cccnc1. The van der Waals surface area contributed by atoms with E-state index in [9.17, 15) is 4.79 Å². The van der Waals surface area contributed by atoms with Gasteiger partial charge in [0.1, 0.15) is 0 Å². The van der Waals surface area contributed by atoms with Gasteiger partial charge in [0, 0.05) is 32.0 Å². The summed E-state index contributed by atoms with van der Waals surface area (Å²) < 4.78 is 0. The van der Waals surface area contributed by atoms with E-state index in [0.29, 0.717) is 12.1 Å². The van der Waals surface area contributed by atoms with Gasteiger partial charge in [-0.05, 0) is 17.7 Å². The zero-order chi connectivity index (χ0) is 13.3. The van der Waals surface area contributed by atoms with Crippen LogP contribution in [0.25, 0.3) is 0 Å². The minimum atomic E-state index is -0.0883. The number of benzene rings is 1. The lowest BCUT2D eigenvalue weighted by molar-refractivity contribution is 0.0953. The second-order valence-corrected chi connectivity index (χ2v) is 4.16. The number of aromatic nitrogens is 1. The summed E-state index contributed by atoms with van der Waals surface area (Å²) in [4.78, 5) is 15.6. The zero-order valence-corrected chi connectivity index (χ0v) is 10.7. The van der Waals surface area contributed by atoms with Crippen molar-refractivity contribution in [3.63, 3.8) is 0 Å². The third kappa shape index (κ3) is 4.52. The number of amides is 1. The topological polar surface area (TPSA) is 54.0 Å². The van der Waals surface area contributed by atoms with Crippen molar-refractivity contribution in [2.75, 3.05) is 13.1 Å². The molecule has 0 atom stereocenters. The molecule has 0 aliphatic heterocycles. The molecule has 2 aromatic rings. The van der Waals surface area contributed by atoms with Gasteiger partial charge < -0.3 is 10.6 Å². The standard InChI is InChI=1S/C15H17N3O/c19-15(14-7-4-8-16-12-14)18-10-9-17-11-13-5-2-1-3-6-13/h1-8,12,17H,9-11H2,(H,18,19). The lowest BCUT2D eigenvalue weighted by Crippen LogP contribution is -2.31. The molecule has 0 aliphatic rings. The summed E-state index contributed by atoms with van der Waals surface area (Å²) in [5.41, 5.74) is 1.83. The van der Waals surface area contributed by atoms with E-state index in [1.807, 2.05) is 18.2 Å². The first kappa shape index (κ1) is 13.2. The van der Waals surface area contributed by atoms with Crippen LogP contribution in [0.1, 0.15) is 15.9 Å². The van der Waals surface area contributed by atoms with Gasteiger partial charge >= 0.3 is 0 Å². The Morgan fingerprint density at radius 3 is 2.63 bits per heavy atom. The Morgan fingerprint density at radius 1 is 1.05 bits per heavy atom. The number of rotatable bonds is 6. The van der Waals surface area contributed by atoms with Crippen molar-refractivity contribution in [2.24, 2.45) is 0 Å². The van der Waals surface area contributed by atoms with Crippen molar-refractivity contribution in [1.29, 1.82) is 0 Å². The van der Waals surface area contributed by atoms with Crippen LogP contribution in [0.2, 0.25) is 0 Å². The first-order valence-corrected chi connectivity index (χ1v) is 6.29. The highest BCUT2D eigenvalue weighted by molar-refractivity contribution is 5.93. The molecule has 2 N–H and O–H groups in total. The molecular formula is C15H17N3O. The molecule has 0 radical (unpaired) electrons. The minimum absolute atomic E-state index is 0.0883. The monoisotopic (exact) mass is 255 g/mol. The maximum atomic E-state index is 11.7. The van der Waals surface area contributed by atoms with Crippen molar-refractivity contribution in [3.05, 3.63) is 66.0 Å². The number of nitrogens with one attached hydrogen (secondary N) is 2. The third-order valence-electron chi connectivity index (χ3n) is 2.68. The second kappa shape index (κ2) is 7.28. The zero-order valence-electron chi connectivity index (χ0n) is 10.7. The summed E-state index contributed by atoms with van der Waals surface area (Å²) in [5.74, 6) is -0.0883. The predicted octanol–water partition coefficient (Wildman–Crippen LogP) is 1.60. The largest absolute Gasteiger partial charge is 0.351 e. The van der Waals surface area contributed by atoms with Crippen LogP contribution >= 0.6 is 0 Å². The number of carbonyl (C=O) groups is 1. The van der Waals surface area contributed by atoms with Gasteiger partial charge in [0.2, 0.25) is 0 Å². The summed E-state index contributed by atoms with van der Waals surface area (Å²) in [6.07, 6.45) is 3.21. The summed E-state index contributed by atoms with van der Waals surface area (Å²) in [5, 5.41) is 6.12. The molecule has 0 spiro atoms. The van der Waals surface area contributed by atoms with Crippen molar-refractivity contribution in [2.45, 2.75) is 6.54 Å². The molecule has 1 aromatic carbocycles. The van der Waals surface area contributed by atoms with Gasteiger partial charge in [-0.3, -0.25) is 9.78 Å². The Morgan fingerprint density at radius 2 is 1.89 bits per heavy atom. The van der Waals surface area contributed by atoms with Crippen LogP contribution in [-0.2, 0) is 6.54 Å². The highest BCUT2D eigenvalue weighted by Crippen LogP contribution is 1.97. The maximum Gasteiger partial charge on any atom is 0.252 e. The van der Waals surface area contributed by atoms with Gasteiger partial charge in [-0.2, -0.15) is 0 Å². The molecule has 4 heteroatoms. The third-order valence-corrected chi connectivity index (χ3v) is 2.68. The molecule has 19 heavy (non-hydrogen) atoms. The molecular weight excluding hydrogens is 238 g/mol. The Kier molecular flexibility index (Phi) is 5.07. The first-order chi connectivity index (χ1) is 9.36. The molecule has 0 saturated heterocycles. The van der Waals surface area contributed by atoms with Gasteiger partial charge in [0.15, 0.2) is 0 Å². The van der Waals surface area contributed by atoms with Crippen LogP contribution in [0, 0.1) is 0 Å². The van der Waals surface area contributed by atoms with Crippen LogP contribution in [0.5, 0.6) is 0 Å². The van der Waals surface area contributed by atoms with Gasteiger partial charge in [-0.1, -0.05) is 30.3 Å². The maximum absolute atomic E-state index is 11.7. The van der Waals surface area contributed by atoms with Gasteiger partial charge in [0.05, 0.1) is 5.56 Å². The minimum Gasteiger partial charge on any atom is -0.351 e. The van der Waals surface area contributed by atoms with Gasteiger partial charge in [-0.25, -0.2) is 0 Å². The van der Waals surface area contributed by atoms with E-state index >= 15 is 0 Å². The number of pyridine rings is 1. The fraction of sp³-hybridized carbons (Fsp3) is 0.200. The van der Waals surface area contributed by atoms with Crippen molar-refractivity contribution < 1.29 is 4.79 Å². The number of nitrogens with zero attached hydrogens (tertiary/aromatic N) is 1. The molecule has 0 fully saturated rings. The molecule has 2 rings (SSSR count). The second-order valence-electron chi connectivity index (χ2n) is 4.16. The number of hydrogen-bond acceptors (Lipinski definition) is 3. The highest BCUT2D eigenvalue weighted by atomic mass is 16.1. The number of hydrogen-bond donors (Lipinski definition) is 2. The average Bonchev–Trinajstić information content (AvgIpc) is 2.49. The van der Waals surface area contributed by atoms with Crippen LogP contribution in [0.4, 0.5) is 0 Å². The fourth-order valence-corrected chi connectivity index (χ4v) is 1.69. The molecule has 1 heterocycles. The quantitative estimate of drug-likeness (QED) is 0.771. The first-order valence-electron chi connectivity index (χ1n) is 6.29. The Labute approximate surface area is 112 Å². The Balaban J connectivity index is 1.63. The molecule has 0 unspecified atom stereocenters. The van der Waals surface area contributed by atoms with Crippen molar-refractivity contribution in [1.82, 2.24) is 15.6 Å². The predicted molar refractivity (Wildman–Crippen MR) is 74.7 cm³/mol. The van der Waals surface area contributed by atoms with E-state index in [4.69, 9.17) is 0 Å². The molecule has 0 saturated carbocycles. The lowest BCUT2D eigenvalue weighted by atomic mass is 10.2. The fourth-order valence-electron chi connectivity index (χ4n) is 1.69. The van der Waals surface area contributed by atoms with Crippen molar-refractivity contribution >= 4 is 5.91 Å². The number of carbonyl (C=O) groups excluding carboxylic acids is 1. The summed E-state index contributed by atoms with van der Waals surface area (Å²) in [6.45, 7) is 2.14. The van der Waals surface area contributed by atoms with Gasteiger partial charge in [0.25, 0.3) is 5.91 Å². The normalized spacial score (nSPS) is 10.1. The Hall–Kier alpha value is -2.20. The summed E-state index contributed by atoms with van der Waals surface area (Å²) >= 11 is 0. The van der Waals surface area contributed by atoms with E-state index in [2.05, 4.69) is 27.8 Å². The van der Waals surface area contributed by atoms with E-state index in [0.717, 1.165) is 13.1 Å². The summed E-state index contributed by atoms with van der Waals surface area (Å²) in [7, 11) is 0. The van der Waals surface area contributed by atoms with Gasteiger partial charge in [-0.15, -0.1) is 0 Å². The van der Waals surface area contributed by atoms with Crippen LogP contribution < -0.4 is 10.6 Å². The molecule has 0 bridgehead atoms. The van der Waals surface area contributed by atoms with Crippen LogP contribution in [-0.4, -0.2) is 24.0 Å². The molecule has 98 valence electrons. The average molecular weight is 255 g/mol. The highest BCUT2D eigenvalue weighted by Gasteiger charge is 2.02. The van der Waals surface area contributed by atoms with Crippen LogP contribution in [0.15, 0.2) is 54.9 Å². The smallest absolute Gasteiger partial charge is 0.252 e.